The molecule has 0 bridgehead atoms. The number of nitrogens with zero attached hydrogens (tertiary/aromatic N) is 3. The number of aryl methyl sites for hydroxylation is 2. The van der Waals surface area contributed by atoms with E-state index in [1.807, 2.05) is 66.5 Å². The van der Waals surface area contributed by atoms with Crippen LogP contribution in [0.2, 0.25) is 0 Å². The maximum absolute atomic E-state index is 12.3. The van der Waals surface area contributed by atoms with Crippen LogP contribution in [-0.2, 0) is 17.8 Å². The van der Waals surface area contributed by atoms with Crippen LogP contribution >= 0.6 is 0 Å². The van der Waals surface area contributed by atoms with E-state index >= 15 is 0 Å². The molecule has 124 valence electrons. The zero-order valence-corrected chi connectivity index (χ0v) is 14.0. The lowest BCUT2D eigenvalue weighted by Gasteiger charge is -2.15. The van der Waals surface area contributed by atoms with E-state index in [2.05, 4.69) is 5.10 Å². The van der Waals surface area contributed by atoms with Gasteiger partial charge in [-0.25, -0.2) is 4.68 Å². The van der Waals surface area contributed by atoms with Crippen LogP contribution in [0.5, 0.6) is 0 Å². The first-order valence-electron chi connectivity index (χ1n) is 8.00. The second-order valence-corrected chi connectivity index (χ2v) is 5.89. The molecule has 0 aliphatic carbocycles. The predicted octanol–water partition coefficient (Wildman–Crippen LogP) is 3.36. The van der Waals surface area contributed by atoms with Crippen LogP contribution < -0.4 is 0 Å². The molecule has 0 radical (unpaired) electrons. The fraction of sp³-hybridized carbons (Fsp3) is 0.263. The third kappa shape index (κ3) is 3.93. The van der Waals surface area contributed by atoms with Crippen LogP contribution in [-0.4, -0.2) is 27.6 Å². The molecular weight excluding hydrogens is 302 g/mol. The molecule has 0 spiro atoms. The maximum Gasteiger partial charge on any atom is 0.223 e. The largest absolute Gasteiger partial charge is 0.464 e. The molecule has 0 unspecified atom stereocenters. The molecule has 0 N–H and O–H groups in total. The number of hydrogen-bond acceptors (Lipinski definition) is 3. The van der Waals surface area contributed by atoms with Crippen molar-refractivity contribution in [3.05, 3.63) is 71.9 Å². The fourth-order valence-electron chi connectivity index (χ4n) is 2.55. The third-order valence-electron chi connectivity index (χ3n) is 3.90. The molecule has 0 aliphatic rings. The number of benzene rings is 1. The molecule has 0 fully saturated rings. The first-order valence-corrected chi connectivity index (χ1v) is 8.00. The zero-order valence-electron chi connectivity index (χ0n) is 14.0. The van der Waals surface area contributed by atoms with Gasteiger partial charge in [0.25, 0.3) is 0 Å². The molecule has 0 saturated carbocycles. The van der Waals surface area contributed by atoms with E-state index in [-0.39, 0.29) is 5.91 Å². The average Bonchev–Trinajstić information content (AvgIpc) is 3.22. The first kappa shape index (κ1) is 16.1. The van der Waals surface area contributed by atoms with Crippen molar-refractivity contribution in [2.75, 3.05) is 7.05 Å². The Bertz CT molecular complexity index is 805. The van der Waals surface area contributed by atoms with Gasteiger partial charge in [-0.15, -0.1) is 0 Å². The van der Waals surface area contributed by atoms with E-state index in [4.69, 9.17) is 4.42 Å². The molecular formula is C19H21N3O2. The summed E-state index contributed by atoms with van der Waals surface area (Å²) in [6, 6.07) is 13.7. The number of amides is 1. The lowest BCUT2D eigenvalue weighted by atomic mass is 10.2. The zero-order chi connectivity index (χ0) is 16.9. The molecule has 5 nitrogen and oxygen atoms in total. The summed E-state index contributed by atoms with van der Waals surface area (Å²) in [5.74, 6) is 1.76. The molecule has 0 aliphatic heterocycles. The Kier molecular flexibility index (Phi) is 4.79. The summed E-state index contributed by atoms with van der Waals surface area (Å²) < 4.78 is 7.34. The monoisotopic (exact) mass is 323 g/mol. The number of carbonyl (C=O) groups is 1. The van der Waals surface area contributed by atoms with Gasteiger partial charge in [0.2, 0.25) is 5.91 Å². The quantitative estimate of drug-likeness (QED) is 0.699. The van der Waals surface area contributed by atoms with Crippen molar-refractivity contribution in [2.24, 2.45) is 0 Å². The van der Waals surface area contributed by atoms with Crippen LogP contribution in [0.4, 0.5) is 0 Å². The van der Waals surface area contributed by atoms with E-state index in [1.165, 1.54) is 0 Å². The van der Waals surface area contributed by atoms with Gasteiger partial charge in [-0.1, -0.05) is 18.2 Å². The molecule has 1 amide bonds. The Morgan fingerprint density at radius 1 is 1.21 bits per heavy atom. The minimum Gasteiger partial charge on any atom is -0.464 e. The molecule has 3 aromatic rings. The summed E-state index contributed by atoms with van der Waals surface area (Å²) in [6.45, 7) is 2.39. The Morgan fingerprint density at radius 3 is 2.71 bits per heavy atom. The number of rotatable bonds is 6. The minimum atomic E-state index is 0.0940. The molecule has 0 atom stereocenters. The fourth-order valence-corrected chi connectivity index (χ4v) is 2.55. The van der Waals surface area contributed by atoms with Gasteiger partial charge in [0.15, 0.2) is 0 Å². The van der Waals surface area contributed by atoms with Crippen LogP contribution in [0.3, 0.4) is 0 Å². The second-order valence-electron chi connectivity index (χ2n) is 5.89. The highest BCUT2D eigenvalue weighted by molar-refractivity contribution is 5.76. The average molecular weight is 323 g/mol. The van der Waals surface area contributed by atoms with Crippen LogP contribution in [0, 0.1) is 6.92 Å². The van der Waals surface area contributed by atoms with Gasteiger partial charge in [0.1, 0.15) is 11.5 Å². The van der Waals surface area contributed by atoms with Crippen molar-refractivity contribution in [1.82, 2.24) is 14.7 Å². The second kappa shape index (κ2) is 7.17. The van der Waals surface area contributed by atoms with Crippen molar-refractivity contribution in [3.8, 4) is 5.69 Å². The predicted molar refractivity (Wildman–Crippen MR) is 91.8 cm³/mol. The maximum atomic E-state index is 12.3. The highest BCUT2D eigenvalue weighted by Crippen LogP contribution is 2.12. The van der Waals surface area contributed by atoms with E-state index < -0.39 is 0 Å². The van der Waals surface area contributed by atoms with Gasteiger partial charge >= 0.3 is 0 Å². The van der Waals surface area contributed by atoms with Gasteiger partial charge in [-0.2, -0.15) is 5.10 Å². The number of aromatic nitrogens is 2. The van der Waals surface area contributed by atoms with Gasteiger partial charge in [-0.05, 0) is 43.2 Å². The number of furan rings is 1. The highest BCUT2D eigenvalue weighted by atomic mass is 16.3. The Labute approximate surface area is 141 Å². The van der Waals surface area contributed by atoms with Crippen molar-refractivity contribution in [2.45, 2.75) is 26.3 Å². The topological polar surface area (TPSA) is 51.3 Å². The molecule has 3 rings (SSSR count). The van der Waals surface area contributed by atoms with E-state index in [1.54, 1.807) is 11.9 Å². The number of hydrogen-bond donors (Lipinski definition) is 0. The van der Waals surface area contributed by atoms with Crippen LogP contribution in [0.15, 0.2) is 59.3 Å². The first-order chi connectivity index (χ1) is 11.6. The summed E-state index contributed by atoms with van der Waals surface area (Å²) in [7, 11) is 1.80. The summed E-state index contributed by atoms with van der Waals surface area (Å²) in [5.41, 5.74) is 2.06. The highest BCUT2D eigenvalue weighted by Gasteiger charge is 2.12. The molecule has 2 aromatic heterocycles. The molecule has 5 heteroatoms. The summed E-state index contributed by atoms with van der Waals surface area (Å²) in [4.78, 5) is 14.0. The van der Waals surface area contributed by atoms with E-state index in [0.717, 1.165) is 22.8 Å². The summed E-state index contributed by atoms with van der Waals surface area (Å²) in [6.07, 6.45) is 4.92. The number of para-hydroxylation sites is 1. The van der Waals surface area contributed by atoms with Gasteiger partial charge in [0, 0.05) is 19.7 Å². The Hall–Kier alpha value is -2.82. The molecule has 0 saturated heterocycles. The standard InChI is InChI=1S/C19H21N3O2/c1-15-8-10-18(24-15)14-21(2)19(23)11-9-16-12-20-22(13-16)17-6-4-3-5-7-17/h3-8,10,12-13H,9,11,14H2,1-2H3. The molecule has 24 heavy (non-hydrogen) atoms. The lowest BCUT2D eigenvalue weighted by Crippen LogP contribution is -2.26. The Balaban J connectivity index is 1.53. The normalized spacial score (nSPS) is 10.8. The van der Waals surface area contributed by atoms with Gasteiger partial charge < -0.3 is 9.32 Å². The number of carbonyl (C=O) groups excluding carboxylic acids is 1. The van der Waals surface area contributed by atoms with Crippen molar-refractivity contribution in [3.63, 3.8) is 0 Å². The van der Waals surface area contributed by atoms with Crippen molar-refractivity contribution >= 4 is 5.91 Å². The smallest absolute Gasteiger partial charge is 0.223 e. The summed E-state index contributed by atoms with van der Waals surface area (Å²) in [5, 5.41) is 4.36. The van der Waals surface area contributed by atoms with E-state index in [0.29, 0.717) is 19.4 Å². The Morgan fingerprint density at radius 2 is 2.00 bits per heavy atom. The molecule has 1 aromatic carbocycles. The van der Waals surface area contributed by atoms with Gasteiger partial charge in [0.05, 0.1) is 18.4 Å². The lowest BCUT2D eigenvalue weighted by molar-refractivity contribution is -0.130. The van der Waals surface area contributed by atoms with Crippen LogP contribution in [0.25, 0.3) is 5.69 Å². The van der Waals surface area contributed by atoms with Gasteiger partial charge in [-0.3, -0.25) is 4.79 Å². The summed E-state index contributed by atoms with van der Waals surface area (Å²) >= 11 is 0. The third-order valence-corrected chi connectivity index (χ3v) is 3.90. The minimum absolute atomic E-state index is 0.0940. The SMILES string of the molecule is Cc1ccc(CN(C)C(=O)CCc2cnn(-c3ccccc3)c2)o1. The molecule has 2 heterocycles. The van der Waals surface area contributed by atoms with E-state index in [9.17, 15) is 4.79 Å². The van der Waals surface area contributed by atoms with Crippen LogP contribution in [0.1, 0.15) is 23.5 Å². The van der Waals surface area contributed by atoms with Crippen molar-refractivity contribution < 1.29 is 9.21 Å². The van der Waals surface area contributed by atoms with Crippen molar-refractivity contribution in [1.29, 1.82) is 0 Å².